The molecule has 0 radical (unpaired) electrons. The summed E-state index contributed by atoms with van der Waals surface area (Å²) in [6.07, 6.45) is -2.56. The number of hydrogen-bond donors (Lipinski definition) is 0. The lowest BCUT2D eigenvalue weighted by Crippen LogP contribution is -2.17. The molecule has 0 fully saturated rings. The third-order valence-electron chi connectivity index (χ3n) is 2.48. The van der Waals surface area contributed by atoms with Crippen LogP contribution in [0.25, 0.3) is 11.1 Å². The molecule has 2 heterocycles. The number of oxazole rings is 1. The van der Waals surface area contributed by atoms with Gasteiger partial charge in [-0.25, -0.2) is 9.97 Å². The van der Waals surface area contributed by atoms with Crippen molar-refractivity contribution >= 4 is 11.1 Å². The minimum absolute atomic E-state index is 0.111. The minimum atomic E-state index is -4.75. The Morgan fingerprint density at radius 3 is 2.62 bits per heavy atom. The molecule has 0 atom stereocenters. The molecule has 0 N–H and O–H groups in total. The van der Waals surface area contributed by atoms with E-state index in [9.17, 15) is 13.2 Å². The monoisotopic (exact) mass is 296 g/mol. The molecule has 108 valence electrons. The smallest absolute Gasteiger partial charge is 0.443 e. The summed E-state index contributed by atoms with van der Waals surface area (Å²) in [5.41, 5.74) is 1.03. The summed E-state index contributed by atoms with van der Waals surface area (Å²) in [7, 11) is 0. The summed E-state index contributed by atoms with van der Waals surface area (Å²) in [6, 6.07) is 7.43. The first kappa shape index (κ1) is 13.2. The Morgan fingerprint density at radius 2 is 1.90 bits per heavy atom. The Kier molecular flexibility index (Phi) is 3.13. The first-order chi connectivity index (χ1) is 10.0. The quantitative estimate of drug-likeness (QED) is 0.733. The number of halogens is 3. The predicted octanol–water partition coefficient (Wildman–Crippen LogP) is 3.91. The van der Waals surface area contributed by atoms with Crippen molar-refractivity contribution in [1.29, 1.82) is 0 Å². The summed E-state index contributed by atoms with van der Waals surface area (Å²) in [5.74, 6) is 0.0766. The third-order valence-corrected chi connectivity index (χ3v) is 2.48. The molecule has 21 heavy (non-hydrogen) atoms. The Bertz CT molecular complexity index is 753. The van der Waals surface area contributed by atoms with Crippen molar-refractivity contribution in [2.75, 3.05) is 0 Å². The second-order valence-electron chi connectivity index (χ2n) is 3.94. The fourth-order valence-corrected chi connectivity index (χ4v) is 1.68. The summed E-state index contributed by atoms with van der Waals surface area (Å²) < 4.78 is 50.4. The number of ether oxygens (including phenoxy) is 2. The molecule has 0 aliphatic heterocycles. The average molecular weight is 296 g/mol. The van der Waals surface area contributed by atoms with Gasteiger partial charge in [-0.1, -0.05) is 6.07 Å². The summed E-state index contributed by atoms with van der Waals surface area (Å²) in [6.45, 7) is 0. The SMILES string of the molecule is FC(F)(F)Oc1ccc(Oc2cccc3ocnc23)nc1. The van der Waals surface area contributed by atoms with Crippen LogP contribution in [0, 0.1) is 0 Å². The van der Waals surface area contributed by atoms with Crippen molar-refractivity contribution in [3.8, 4) is 17.4 Å². The highest BCUT2D eigenvalue weighted by Crippen LogP contribution is 2.29. The first-order valence-corrected chi connectivity index (χ1v) is 5.73. The van der Waals surface area contributed by atoms with E-state index in [-0.39, 0.29) is 5.88 Å². The fourth-order valence-electron chi connectivity index (χ4n) is 1.68. The van der Waals surface area contributed by atoms with E-state index in [1.165, 1.54) is 12.5 Å². The van der Waals surface area contributed by atoms with Gasteiger partial charge in [-0.3, -0.25) is 0 Å². The predicted molar refractivity (Wildman–Crippen MR) is 65.0 cm³/mol. The van der Waals surface area contributed by atoms with Crippen LogP contribution >= 0.6 is 0 Å². The molecule has 0 aliphatic rings. The van der Waals surface area contributed by atoms with Crippen molar-refractivity contribution in [1.82, 2.24) is 9.97 Å². The molecular weight excluding hydrogens is 289 g/mol. The summed E-state index contributed by atoms with van der Waals surface area (Å²) >= 11 is 0. The van der Waals surface area contributed by atoms with Gasteiger partial charge >= 0.3 is 6.36 Å². The molecule has 0 spiro atoms. The number of benzene rings is 1. The lowest BCUT2D eigenvalue weighted by atomic mass is 10.3. The van der Waals surface area contributed by atoms with Gasteiger partial charge in [-0.15, -0.1) is 13.2 Å². The number of nitrogens with zero attached hydrogens (tertiary/aromatic N) is 2. The number of rotatable bonds is 3. The molecular formula is C13H7F3N2O3. The van der Waals surface area contributed by atoms with Gasteiger partial charge in [-0.2, -0.15) is 0 Å². The van der Waals surface area contributed by atoms with Crippen LogP contribution in [-0.2, 0) is 0 Å². The summed E-state index contributed by atoms with van der Waals surface area (Å²) in [5, 5.41) is 0. The molecule has 1 aromatic carbocycles. The van der Waals surface area contributed by atoms with Crippen molar-refractivity contribution in [2.24, 2.45) is 0 Å². The molecule has 8 heteroatoms. The van der Waals surface area contributed by atoms with E-state index in [2.05, 4.69) is 14.7 Å². The largest absolute Gasteiger partial charge is 0.573 e. The van der Waals surface area contributed by atoms with Crippen LogP contribution in [0.3, 0.4) is 0 Å². The maximum absolute atomic E-state index is 12.0. The van der Waals surface area contributed by atoms with Gasteiger partial charge in [0.2, 0.25) is 5.88 Å². The number of para-hydroxylation sites is 1. The number of hydrogen-bond acceptors (Lipinski definition) is 5. The Balaban J connectivity index is 1.81. The van der Waals surface area contributed by atoms with Crippen LogP contribution in [0.15, 0.2) is 47.3 Å². The second kappa shape index (κ2) is 4.97. The van der Waals surface area contributed by atoms with Crippen molar-refractivity contribution < 1.29 is 27.1 Å². The fraction of sp³-hybridized carbons (Fsp3) is 0.0769. The molecule has 0 amide bonds. The van der Waals surface area contributed by atoms with Gasteiger partial charge in [0.1, 0.15) is 5.75 Å². The average Bonchev–Trinajstić information content (AvgIpc) is 2.89. The van der Waals surface area contributed by atoms with Crippen molar-refractivity contribution in [3.05, 3.63) is 42.9 Å². The van der Waals surface area contributed by atoms with Gasteiger partial charge in [0, 0.05) is 6.07 Å². The molecule has 5 nitrogen and oxygen atoms in total. The first-order valence-electron chi connectivity index (χ1n) is 5.73. The normalized spacial score (nSPS) is 11.6. The number of alkyl halides is 3. The van der Waals surface area contributed by atoms with Crippen molar-refractivity contribution in [3.63, 3.8) is 0 Å². The molecule has 0 unspecified atom stereocenters. The molecule has 0 saturated carbocycles. The highest BCUT2D eigenvalue weighted by atomic mass is 19.4. The van der Waals surface area contributed by atoms with E-state index in [4.69, 9.17) is 9.15 Å². The number of pyridine rings is 1. The lowest BCUT2D eigenvalue weighted by Gasteiger charge is -2.09. The van der Waals surface area contributed by atoms with Gasteiger partial charge in [-0.05, 0) is 18.2 Å². The van der Waals surface area contributed by atoms with Crippen molar-refractivity contribution in [2.45, 2.75) is 6.36 Å². The van der Waals surface area contributed by atoms with Crippen LogP contribution in [0.2, 0.25) is 0 Å². The van der Waals surface area contributed by atoms with E-state index in [0.29, 0.717) is 16.8 Å². The van der Waals surface area contributed by atoms with E-state index < -0.39 is 12.1 Å². The molecule has 0 bridgehead atoms. The highest BCUT2D eigenvalue weighted by molar-refractivity contribution is 5.79. The molecule has 2 aromatic heterocycles. The van der Waals surface area contributed by atoms with Crippen LogP contribution in [0.5, 0.6) is 17.4 Å². The van der Waals surface area contributed by atoms with E-state index in [1.807, 2.05) is 0 Å². The topological polar surface area (TPSA) is 57.4 Å². The Morgan fingerprint density at radius 1 is 1.05 bits per heavy atom. The number of fused-ring (bicyclic) bond motifs is 1. The molecule has 0 saturated heterocycles. The third kappa shape index (κ3) is 3.04. The van der Waals surface area contributed by atoms with Gasteiger partial charge in [0.15, 0.2) is 23.2 Å². The highest BCUT2D eigenvalue weighted by Gasteiger charge is 2.31. The molecule has 0 aliphatic carbocycles. The lowest BCUT2D eigenvalue weighted by molar-refractivity contribution is -0.274. The van der Waals surface area contributed by atoms with E-state index in [0.717, 1.165) is 12.3 Å². The maximum atomic E-state index is 12.0. The van der Waals surface area contributed by atoms with Crippen LogP contribution < -0.4 is 9.47 Å². The Hall–Kier alpha value is -2.77. The number of aromatic nitrogens is 2. The zero-order chi connectivity index (χ0) is 14.9. The Labute approximate surface area is 115 Å². The van der Waals surface area contributed by atoms with E-state index in [1.54, 1.807) is 18.2 Å². The second-order valence-corrected chi connectivity index (χ2v) is 3.94. The molecule has 3 aromatic rings. The van der Waals surface area contributed by atoms with Crippen LogP contribution in [0.4, 0.5) is 13.2 Å². The van der Waals surface area contributed by atoms with Gasteiger partial charge in [0.25, 0.3) is 0 Å². The zero-order valence-electron chi connectivity index (χ0n) is 10.3. The molecule has 3 rings (SSSR count). The van der Waals surface area contributed by atoms with E-state index >= 15 is 0 Å². The van der Waals surface area contributed by atoms with Crippen LogP contribution in [0.1, 0.15) is 0 Å². The zero-order valence-corrected chi connectivity index (χ0v) is 10.3. The maximum Gasteiger partial charge on any atom is 0.573 e. The summed E-state index contributed by atoms with van der Waals surface area (Å²) in [4.78, 5) is 7.73. The van der Waals surface area contributed by atoms with Gasteiger partial charge in [0.05, 0.1) is 6.20 Å². The standard InChI is InChI=1S/C13H7F3N2O3/c14-13(15,16)21-8-4-5-11(17-6-8)20-10-3-1-2-9-12(10)18-7-19-9/h1-7H. The van der Waals surface area contributed by atoms with Gasteiger partial charge < -0.3 is 13.9 Å². The van der Waals surface area contributed by atoms with Crippen LogP contribution in [-0.4, -0.2) is 16.3 Å². The minimum Gasteiger partial charge on any atom is -0.443 e.